The number of rotatable bonds is 6. The third-order valence-electron chi connectivity index (χ3n) is 4.35. The van der Waals surface area contributed by atoms with Crippen LogP contribution in [0, 0.1) is 0 Å². The molecule has 0 aliphatic rings. The molecule has 1 amide bonds. The molecule has 4 aromatic rings. The first-order valence-electron chi connectivity index (χ1n) is 9.15. The molecule has 0 saturated heterocycles. The highest BCUT2D eigenvalue weighted by Gasteiger charge is 2.12. The van der Waals surface area contributed by atoms with E-state index >= 15 is 0 Å². The molecule has 0 spiro atoms. The van der Waals surface area contributed by atoms with Gasteiger partial charge in [0.05, 0.1) is 17.0 Å². The van der Waals surface area contributed by atoms with Gasteiger partial charge in [-0.3, -0.25) is 4.79 Å². The number of halogens is 1. The Morgan fingerprint density at radius 1 is 0.931 bits per heavy atom. The molecule has 4 nitrogen and oxygen atoms in total. The largest absolute Gasteiger partial charge is 0.351 e. The number of thioether (sulfide) groups is 1. The van der Waals surface area contributed by atoms with E-state index in [0.29, 0.717) is 16.7 Å². The van der Waals surface area contributed by atoms with E-state index in [9.17, 15) is 4.79 Å². The molecule has 0 radical (unpaired) electrons. The van der Waals surface area contributed by atoms with Gasteiger partial charge < -0.3 is 5.32 Å². The number of carbonyl (C=O) groups is 1. The molecule has 1 N–H and O–H groups in total. The molecule has 4 rings (SSSR count). The van der Waals surface area contributed by atoms with Gasteiger partial charge in [0.1, 0.15) is 0 Å². The minimum absolute atomic E-state index is 0.0556. The van der Waals surface area contributed by atoms with Crippen molar-refractivity contribution in [2.45, 2.75) is 11.7 Å². The van der Waals surface area contributed by atoms with Gasteiger partial charge in [-0.2, -0.15) is 0 Å². The van der Waals surface area contributed by atoms with Crippen LogP contribution in [0.15, 0.2) is 84.0 Å². The van der Waals surface area contributed by atoms with Crippen LogP contribution in [0.25, 0.3) is 22.2 Å². The fraction of sp³-hybridized carbons (Fsp3) is 0.0870. The van der Waals surface area contributed by atoms with Gasteiger partial charge in [-0.05, 0) is 23.8 Å². The topological polar surface area (TPSA) is 54.9 Å². The van der Waals surface area contributed by atoms with Gasteiger partial charge in [0, 0.05) is 22.5 Å². The number of fused-ring (bicyclic) bond motifs is 1. The predicted molar refractivity (Wildman–Crippen MR) is 119 cm³/mol. The summed E-state index contributed by atoms with van der Waals surface area (Å²) in [6.07, 6.45) is 0. The molecule has 0 aliphatic carbocycles. The molecular weight excluding hydrogens is 402 g/mol. The first-order valence-corrected chi connectivity index (χ1v) is 10.5. The number of hydrogen-bond acceptors (Lipinski definition) is 4. The van der Waals surface area contributed by atoms with Crippen LogP contribution in [0.4, 0.5) is 0 Å². The Labute approximate surface area is 178 Å². The second-order valence-corrected chi connectivity index (χ2v) is 7.81. The summed E-state index contributed by atoms with van der Waals surface area (Å²) in [5, 5.41) is 5.02. The van der Waals surface area contributed by atoms with Gasteiger partial charge in [0.25, 0.3) is 0 Å². The molecule has 144 valence electrons. The number of nitrogens with one attached hydrogen (secondary N) is 1. The van der Waals surface area contributed by atoms with E-state index in [0.717, 1.165) is 27.7 Å². The third-order valence-corrected chi connectivity index (χ3v) is 5.43. The molecule has 1 aromatic heterocycles. The standard InChI is InChI=1S/C23H18ClN3OS/c24-18-11-12-20-19(13-18)22(17-9-5-2-6-10-17)27-23(26-20)29-15-21(28)25-14-16-7-3-1-4-8-16/h1-13H,14-15H2,(H,25,28). The molecule has 0 atom stereocenters. The summed E-state index contributed by atoms with van der Waals surface area (Å²) in [4.78, 5) is 21.6. The zero-order valence-corrected chi connectivity index (χ0v) is 17.1. The zero-order valence-electron chi connectivity index (χ0n) is 15.5. The average Bonchev–Trinajstić information content (AvgIpc) is 2.77. The Morgan fingerprint density at radius 2 is 1.66 bits per heavy atom. The number of nitrogens with zero attached hydrogens (tertiary/aromatic N) is 2. The summed E-state index contributed by atoms with van der Waals surface area (Å²) < 4.78 is 0. The van der Waals surface area contributed by atoms with Crippen molar-refractivity contribution in [2.24, 2.45) is 0 Å². The van der Waals surface area contributed by atoms with E-state index in [1.54, 1.807) is 0 Å². The number of amides is 1. The summed E-state index contributed by atoms with van der Waals surface area (Å²) in [6.45, 7) is 0.507. The number of hydrogen-bond donors (Lipinski definition) is 1. The quantitative estimate of drug-likeness (QED) is 0.337. The molecule has 3 aromatic carbocycles. The first kappa shape index (κ1) is 19.4. The highest BCUT2D eigenvalue weighted by atomic mass is 35.5. The van der Waals surface area contributed by atoms with Gasteiger partial charge in [0.2, 0.25) is 5.91 Å². The van der Waals surface area contributed by atoms with E-state index < -0.39 is 0 Å². The van der Waals surface area contributed by atoms with Gasteiger partial charge in [0.15, 0.2) is 5.16 Å². The van der Waals surface area contributed by atoms with Crippen LogP contribution in [0.3, 0.4) is 0 Å². The molecule has 0 saturated carbocycles. The molecule has 0 fully saturated rings. The lowest BCUT2D eigenvalue weighted by Crippen LogP contribution is -2.24. The summed E-state index contributed by atoms with van der Waals surface area (Å²) >= 11 is 7.52. The minimum atomic E-state index is -0.0556. The van der Waals surface area contributed by atoms with E-state index in [-0.39, 0.29) is 11.7 Å². The van der Waals surface area contributed by atoms with Crippen molar-refractivity contribution in [1.29, 1.82) is 0 Å². The van der Waals surface area contributed by atoms with E-state index in [2.05, 4.69) is 10.3 Å². The normalized spacial score (nSPS) is 10.8. The maximum absolute atomic E-state index is 12.2. The summed E-state index contributed by atoms with van der Waals surface area (Å²) in [5.41, 5.74) is 3.66. The number of aromatic nitrogens is 2. The number of carbonyl (C=O) groups excluding carboxylic acids is 1. The summed E-state index contributed by atoms with van der Waals surface area (Å²) in [6, 6.07) is 25.3. The second kappa shape index (κ2) is 9.07. The van der Waals surface area contributed by atoms with Gasteiger partial charge in [-0.1, -0.05) is 84.0 Å². The molecule has 6 heteroatoms. The molecule has 0 aliphatic heterocycles. The van der Waals surface area contributed by atoms with Crippen LogP contribution in [0.1, 0.15) is 5.56 Å². The zero-order chi connectivity index (χ0) is 20.1. The van der Waals surface area contributed by atoms with Crippen molar-refractivity contribution in [3.63, 3.8) is 0 Å². The Kier molecular flexibility index (Phi) is 6.08. The van der Waals surface area contributed by atoms with Crippen LogP contribution in [0.5, 0.6) is 0 Å². The Balaban J connectivity index is 1.53. The lowest BCUT2D eigenvalue weighted by molar-refractivity contribution is -0.118. The second-order valence-electron chi connectivity index (χ2n) is 6.43. The summed E-state index contributed by atoms with van der Waals surface area (Å²) in [5.74, 6) is 0.195. The van der Waals surface area contributed by atoms with Crippen molar-refractivity contribution in [2.75, 3.05) is 5.75 Å². The van der Waals surface area contributed by atoms with Gasteiger partial charge in [-0.15, -0.1) is 0 Å². The lowest BCUT2D eigenvalue weighted by Gasteiger charge is -2.09. The van der Waals surface area contributed by atoms with Crippen molar-refractivity contribution in [3.8, 4) is 11.3 Å². The Bertz CT molecular complexity index is 1140. The Morgan fingerprint density at radius 3 is 2.41 bits per heavy atom. The predicted octanol–water partition coefficient (Wildman–Crippen LogP) is 5.36. The maximum atomic E-state index is 12.2. The molecule has 0 bridgehead atoms. The van der Waals surface area contributed by atoms with Gasteiger partial charge in [-0.25, -0.2) is 9.97 Å². The highest BCUT2D eigenvalue weighted by Crippen LogP contribution is 2.30. The monoisotopic (exact) mass is 419 g/mol. The molecule has 1 heterocycles. The fourth-order valence-corrected chi connectivity index (χ4v) is 3.79. The SMILES string of the molecule is O=C(CSc1nc(-c2ccccc2)c2cc(Cl)ccc2n1)NCc1ccccc1. The lowest BCUT2D eigenvalue weighted by atomic mass is 10.1. The van der Waals surface area contributed by atoms with Crippen molar-refractivity contribution in [1.82, 2.24) is 15.3 Å². The van der Waals surface area contributed by atoms with Crippen LogP contribution in [0.2, 0.25) is 5.02 Å². The maximum Gasteiger partial charge on any atom is 0.230 e. The van der Waals surface area contributed by atoms with Crippen molar-refractivity contribution >= 4 is 40.2 Å². The van der Waals surface area contributed by atoms with E-state index in [1.807, 2.05) is 78.9 Å². The van der Waals surface area contributed by atoms with Crippen LogP contribution in [-0.4, -0.2) is 21.6 Å². The molecular formula is C23H18ClN3OS. The van der Waals surface area contributed by atoms with Crippen LogP contribution in [-0.2, 0) is 11.3 Å². The smallest absolute Gasteiger partial charge is 0.230 e. The number of benzene rings is 3. The van der Waals surface area contributed by atoms with Crippen molar-refractivity contribution in [3.05, 3.63) is 89.4 Å². The van der Waals surface area contributed by atoms with Gasteiger partial charge >= 0.3 is 0 Å². The average molecular weight is 420 g/mol. The third kappa shape index (κ3) is 4.94. The van der Waals surface area contributed by atoms with Crippen LogP contribution >= 0.6 is 23.4 Å². The summed E-state index contributed by atoms with van der Waals surface area (Å²) in [7, 11) is 0. The molecule has 0 unspecified atom stereocenters. The first-order chi connectivity index (χ1) is 14.2. The van der Waals surface area contributed by atoms with E-state index in [4.69, 9.17) is 16.6 Å². The minimum Gasteiger partial charge on any atom is -0.351 e. The molecule has 29 heavy (non-hydrogen) atoms. The van der Waals surface area contributed by atoms with Crippen LogP contribution < -0.4 is 5.32 Å². The fourth-order valence-electron chi connectivity index (χ4n) is 2.94. The Hall–Kier alpha value is -2.89. The highest BCUT2D eigenvalue weighted by molar-refractivity contribution is 7.99. The van der Waals surface area contributed by atoms with E-state index in [1.165, 1.54) is 11.8 Å². The van der Waals surface area contributed by atoms with Crippen molar-refractivity contribution < 1.29 is 4.79 Å².